The molecule has 114 valence electrons. The van der Waals surface area contributed by atoms with Crippen LogP contribution in [0.5, 0.6) is 0 Å². The Balaban J connectivity index is 1.61. The Morgan fingerprint density at radius 3 is 2.81 bits per heavy atom. The number of amides is 1. The topological polar surface area (TPSA) is 62.5 Å². The molecule has 2 N–H and O–H groups in total. The van der Waals surface area contributed by atoms with Crippen LogP contribution >= 0.6 is 0 Å². The van der Waals surface area contributed by atoms with E-state index in [9.17, 15) is 4.79 Å². The van der Waals surface area contributed by atoms with Crippen LogP contribution in [0.2, 0.25) is 0 Å². The van der Waals surface area contributed by atoms with Crippen molar-refractivity contribution in [3.63, 3.8) is 0 Å². The summed E-state index contributed by atoms with van der Waals surface area (Å²) in [6, 6.07) is 4.54. The monoisotopic (exact) mass is 288 g/mol. The van der Waals surface area contributed by atoms with E-state index in [-0.39, 0.29) is 11.9 Å². The number of nitrogens with two attached hydrogens (primary N) is 1. The van der Waals surface area contributed by atoms with Crippen LogP contribution in [0.3, 0.4) is 0 Å². The minimum atomic E-state index is 0.207. The minimum Gasteiger partial charge on any atom is -0.334 e. The Morgan fingerprint density at radius 1 is 1.29 bits per heavy atom. The zero-order chi connectivity index (χ0) is 14.7. The van der Waals surface area contributed by atoms with Gasteiger partial charge in [0.15, 0.2) is 0 Å². The number of likely N-dealkylation sites (tertiary alicyclic amines) is 2. The third-order valence-electron chi connectivity index (χ3n) is 4.63. The number of carbonyl (C=O) groups is 1. The van der Waals surface area contributed by atoms with Crippen LogP contribution in [-0.2, 0) is 4.79 Å². The molecule has 0 saturated carbocycles. The van der Waals surface area contributed by atoms with Gasteiger partial charge in [0.1, 0.15) is 0 Å². The van der Waals surface area contributed by atoms with Gasteiger partial charge in [-0.2, -0.15) is 0 Å². The zero-order valence-electron chi connectivity index (χ0n) is 12.4. The molecular weight excluding hydrogens is 264 g/mol. The summed E-state index contributed by atoms with van der Waals surface area (Å²) in [6.07, 6.45) is 7.79. The van der Waals surface area contributed by atoms with Crippen LogP contribution in [0, 0.1) is 0 Å². The van der Waals surface area contributed by atoms with E-state index >= 15 is 0 Å². The highest BCUT2D eigenvalue weighted by atomic mass is 16.2. The number of rotatable bonds is 3. The summed E-state index contributed by atoms with van der Waals surface area (Å²) in [4.78, 5) is 21.1. The second-order valence-corrected chi connectivity index (χ2v) is 6.15. The Bertz CT molecular complexity index is 470. The van der Waals surface area contributed by atoms with Crippen molar-refractivity contribution in [3.05, 3.63) is 30.1 Å². The van der Waals surface area contributed by atoms with Crippen LogP contribution in [-0.4, -0.2) is 52.9 Å². The molecule has 2 fully saturated rings. The van der Waals surface area contributed by atoms with Crippen molar-refractivity contribution in [2.45, 2.75) is 37.8 Å². The first-order valence-electron chi connectivity index (χ1n) is 7.91. The third kappa shape index (κ3) is 3.41. The first-order valence-corrected chi connectivity index (χ1v) is 7.91. The van der Waals surface area contributed by atoms with Crippen molar-refractivity contribution in [2.24, 2.45) is 5.73 Å². The van der Waals surface area contributed by atoms with Crippen molar-refractivity contribution >= 4 is 5.91 Å². The van der Waals surface area contributed by atoms with Gasteiger partial charge in [-0.3, -0.25) is 14.7 Å². The first-order chi connectivity index (χ1) is 10.2. The molecule has 3 heterocycles. The summed E-state index contributed by atoms with van der Waals surface area (Å²) < 4.78 is 0. The molecule has 2 aliphatic rings. The van der Waals surface area contributed by atoms with Crippen LogP contribution in [0.1, 0.15) is 37.3 Å². The number of nitrogens with zero attached hydrogens (tertiary/aromatic N) is 3. The predicted octanol–water partition coefficient (Wildman–Crippen LogP) is 1.17. The first kappa shape index (κ1) is 14.5. The lowest BCUT2D eigenvalue weighted by Crippen LogP contribution is -2.45. The normalized spacial score (nSPS) is 24.4. The number of piperidine rings is 1. The number of carbonyl (C=O) groups excluding carboxylic acids is 1. The molecule has 1 amide bonds. The fourth-order valence-corrected chi connectivity index (χ4v) is 3.38. The lowest BCUT2D eigenvalue weighted by molar-refractivity contribution is -0.133. The molecule has 5 nitrogen and oxygen atoms in total. The van der Waals surface area contributed by atoms with Crippen molar-refractivity contribution < 1.29 is 4.79 Å². The number of aromatic nitrogens is 1. The molecule has 1 atom stereocenters. The fourth-order valence-electron chi connectivity index (χ4n) is 3.38. The molecule has 2 aliphatic heterocycles. The van der Waals surface area contributed by atoms with E-state index in [1.807, 2.05) is 17.2 Å². The second-order valence-electron chi connectivity index (χ2n) is 6.15. The van der Waals surface area contributed by atoms with Crippen LogP contribution in [0.25, 0.3) is 0 Å². The average Bonchev–Trinajstić information content (AvgIpc) is 3.00. The van der Waals surface area contributed by atoms with E-state index in [0.29, 0.717) is 12.6 Å². The highest BCUT2D eigenvalue weighted by Crippen LogP contribution is 2.31. The van der Waals surface area contributed by atoms with Gasteiger partial charge in [-0.05, 0) is 37.3 Å². The largest absolute Gasteiger partial charge is 0.334 e. The maximum Gasteiger partial charge on any atom is 0.237 e. The Kier molecular flexibility index (Phi) is 4.51. The van der Waals surface area contributed by atoms with E-state index < -0.39 is 0 Å². The van der Waals surface area contributed by atoms with Gasteiger partial charge in [0.05, 0.1) is 12.6 Å². The van der Waals surface area contributed by atoms with Gasteiger partial charge in [0.25, 0.3) is 0 Å². The average molecular weight is 288 g/mol. The van der Waals surface area contributed by atoms with Gasteiger partial charge in [-0.25, -0.2) is 0 Å². The van der Waals surface area contributed by atoms with E-state index in [4.69, 9.17) is 5.73 Å². The zero-order valence-corrected chi connectivity index (χ0v) is 12.4. The summed E-state index contributed by atoms with van der Waals surface area (Å²) in [5, 5.41) is 0. The lowest BCUT2D eigenvalue weighted by atomic mass is 10.1. The predicted molar refractivity (Wildman–Crippen MR) is 81.6 cm³/mol. The van der Waals surface area contributed by atoms with E-state index in [2.05, 4.69) is 16.0 Å². The number of hydrogen-bond donors (Lipinski definition) is 1. The maximum absolute atomic E-state index is 12.6. The van der Waals surface area contributed by atoms with Crippen molar-refractivity contribution in [1.29, 1.82) is 0 Å². The molecule has 2 saturated heterocycles. The Hall–Kier alpha value is -1.46. The molecule has 1 unspecified atom stereocenters. The molecule has 0 spiro atoms. The van der Waals surface area contributed by atoms with Crippen molar-refractivity contribution in [3.8, 4) is 0 Å². The van der Waals surface area contributed by atoms with E-state index in [0.717, 1.165) is 50.9 Å². The van der Waals surface area contributed by atoms with Gasteiger partial charge in [-0.15, -0.1) is 0 Å². The van der Waals surface area contributed by atoms with Crippen molar-refractivity contribution in [2.75, 3.05) is 26.2 Å². The molecule has 3 rings (SSSR count). The maximum atomic E-state index is 12.6. The second kappa shape index (κ2) is 6.54. The molecule has 21 heavy (non-hydrogen) atoms. The molecule has 1 aromatic rings. The SMILES string of the molecule is NC1CCN(CC(=O)N2CCCC2c2cccnc2)CC1. The molecule has 1 aromatic heterocycles. The van der Waals surface area contributed by atoms with Gasteiger partial charge in [-0.1, -0.05) is 6.07 Å². The molecule has 0 bridgehead atoms. The summed E-state index contributed by atoms with van der Waals surface area (Å²) in [5.41, 5.74) is 7.08. The van der Waals surface area contributed by atoms with Gasteiger partial charge < -0.3 is 10.6 Å². The summed E-state index contributed by atoms with van der Waals surface area (Å²) in [5.74, 6) is 0.247. The fraction of sp³-hybridized carbons (Fsp3) is 0.625. The van der Waals surface area contributed by atoms with Gasteiger partial charge in [0, 0.05) is 38.1 Å². The molecular formula is C16H24N4O. The standard InChI is InChI=1S/C16H24N4O/c17-14-5-9-19(10-6-14)12-16(21)20-8-2-4-15(20)13-3-1-7-18-11-13/h1,3,7,11,14-15H,2,4-6,8-10,12,17H2. The summed E-state index contributed by atoms with van der Waals surface area (Å²) in [6.45, 7) is 3.28. The molecule has 0 aliphatic carbocycles. The minimum absolute atomic E-state index is 0.207. The van der Waals surface area contributed by atoms with Crippen LogP contribution in [0.4, 0.5) is 0 Å². The third-order valence-corrected chi connectivity index (χ3v) is 4.63. The Labute approximate surface area is 126 Å². The highest BCUT2D eigenvalue weighted by Gasteiger charge is 2.31. The Morgan fingerprint density at radius 2 is 2.10 bits per heavy atom. The smallest absolute Gasteiger partial charge is 0.237 e. The molecule has 0 aromatic carbocycles. The van der Waals surface area contributed by atoms with Crippen LogP contribution < -0.4 is 5.73 Å². The van der Waals surface area contributed by atoms with E-state index in [1.54, 1.807) is 6.20 Å². The number of hydrogen-bond acceptors (Lipinski definition) is 4. The number of pyridine rings is 1. The summed E-state index contributed by atoms with van der Waals surface area (Å²) in [7, 11) is 0. The van der Waals surface area contributed by atoms with Gasteiger partial charge in [0.2, 0.25) is 5.91 Å². The highest BCUT2D eigenvalue weighted by molar-refractivity contribution is 5.79. The van der Waals surface area contributed by atoms with Crippen molar-refractivity contribution in [1.82, 2.24) is 14.8 Å². The van der Waals surface area contributed by atoms with E-state index in [1.165, 1.54) is 0 Å². The quantitative estimate of drug-likeness (QED) is 0.907. The van der Waals surface area contributed by atoms with Crippen LogP contribution in [0.15, 0.2) is 24.5 Å². The van der Waals surface area contributed by atoms with Gasteiger partial charge >= 0.3 is 0 Å². The summed E-state index contributed by atoms with van der Waals surface area (Å²) >= 11 is 0. The molecule has 0 radical (unpaired) electrons. The lowest BCUT2D eigenvalue weighted by Gasteiger charge is -2.32. The molecule has 5 heteroatoms.